The van der Waals surface area contributed by atoms with Crippen molar-refractivity contribution in [2.75, 3.05) is 32.7 Å². The second-order valence-corrected chi connectivity index (χ2v) is 8.92. The second-order valence-electron chi connectivity index (χ2n) is 7.05. The first-order chi connectivity index (χ1) is 12.2. The highest BCUT2D eigenvalue weighted by Gasteiger charge is 2.35. The zero-order valence-corrected chi connectivity index (χ0v) is 16.9. The number of piperazine rings is 1. The molecule has 0 saturated carbocycles. The van der Waals surface area contributed by atoms with E-state index in [1.165, 1.54) is 0 Å². The van der Waals surface area contributed by atoms with Crippen LogP contribution in [-0.2, 0) is 14.8 Å². The summed E-state index contributed by atoms with van der Waals surface area (Å²) >= 11 is 0. The summed E-state index contributed by atoms with van der Waals surface area (Å²) in [7, 11) is -3.52. The molecule has 2 rings (SSSR count). The van der Waals surface area contributed by atoms with Crippen LogP contribution in [-0.4, -0.2) is 57.4 Å². The summed E-state index contributed by atoms with van der Waals surface area (Å²) in [6.07, 6.45) is 1.65. The predicted octanol–water partition coefficient (Wildman–Crippen LogP) is 0.192. The number of rotatable bonds is 6. The van der Waals surface area contributed by atoms with Gasteiger partial charge < -0.3 is 10.2 Å². The number of aryl methyl sites for hydroxylation is 3. The Morgan fingerprint density at radius 2 is 1.81 bits per heavy atom. The quantitative estimate of drug-likeness (QED) is 0.693. The molecule has 1 amide bonds. The van der Waals surface area contributed by atoms with Gasteiger partial charge in [-0.05, 0) is 38.8 Å². The Hall–Kier alpha value is -1.70. The van der Waals surface area contributed by atoms with E-state index in [2.05, 4.69) is 11.9 Å². The SMILES string of the molecule is C=CCNC(=O)[C@H](C)[NH+]1CCN(S(=O)(=O)c2c(C)cc(C)cc2C)CC1. The summed E-state index contributed by atoms with van der Waals surface area (Å²) in [5.41, 5.74) is 2.64. The van der Waals surface area contributed by atoms with E-state index in [4.69, 9.17) is 0 Å². The van der Waals surface area contributed by atoms with E-state index in [9.17, 15) is 13.2 Å². The summed E-state index contributed by atoms with van der Waals surface area (Å²) in [4.78, 5) is 13.6. The third kappa shape index (κ3) is 4.34. The number of amides is 1. The maximum atomic E-state index is 13.1. The normalized spacial score (nSPS) is 17.7. The Balaban J connectivity index is 2.10. The molecule has 26 heavy (non-hydrogen) atoms. The van der Waals surface area contributed by atoms with Gasteiger partial charge in [0, 0.05) is 6.54 Å². The molecule has 0 bridgehead atoms. The van der Waals surface area contributed by atoms with E-state index in [1.54, 1.807) is 10.4 Å². The highest BCUT2D eigenvalue weighted by molar-refractivity contribution is 7.89. The first kappa shape index (κ1) is 20.6. The van der Waals surface area contributed by atoms with Gasteiger partial charge in [-0.15, -0.1) is 6.58 Å². The third-order valence-corrected chi connectivity index (χ3v) is 7.20. The van der Waals surface area contributed by atoms with E-state index in [-0.39, 0.29) is 11.9 Å². The van der Waals surface area contributed by atoms with Crippen molar-refractivity contribution >= 4 is 15.9 Å². The largest absolute Gasteiger partial charge is 0.347 e. The lowest BCUT2D eigenvalue weighted by Crippen LogP contribution is -3.19. The summed E-state index contributed by atoms with van der Waals surface area (Å²) < 4.78 is 27.8. The van der Waals surface area contributed by atoms with E-state index in [0.29, 0.717) is 37.6 Å². The number of benzene rings is 1. The van der Waals surface area contributed by atoms with E-state index in [1.807, 2.05) is 39.8 Å². The monoisotopic (exact) mass is 380 g/mol. The molecule has 1 fully saturated rings. The van der Waals surface area contributed by atoms with Gasteiger partial charge in [-0.3, -0.25) is 4.79 Å². The summed E-state index contributed by atoms with van der Waals surface area (Å²) in [6, 6.07) is 3.61. The van der Waals surface area contributed by atoms with E-state index < -0.39 is 10.0 Å². The minimum Gasteiger partial charge on any atom is -0.347 e. The van der Waals surface area contributed by atoms with Crippen LogP contribution in [0.2, 0.25) is 0 Å². The molecule has 0 unspecified atom stereocenters. The van der Waals surface area contributed by atoms with Crippen molar-refractivity contribution in [2.24, 2.45) is 0 Å². The smallest absolute Gasteiger partial charge is 0.278 e. The van der Waals surface area contributed by atoms with Gasteiger partial charge in [0.15, 0.2) is 6.04 Å². The van der Waals surface area contributed by atoms with Gasteiger partial charge in [0.05, 0.1) is 31.1 Å². The Labute approximate surface area is 156 Å². The average Bonchev–Trinajstić information content (AvgIpc) is 2.58. The van der Waals surface area contributed by atoms with E-state index in [0.717, 1.165) is 21.6 Å². The molecule has 1 aromatic rings. The Morgan fingerprint density at radius 3 is 2.31 bits per heavy atom. The average molecular weight is 381 g/mol. The Kier molecular flexibility index (Phi) is 6.60. The maximum absolute atomic E-state index is 13.1. The molecule has 0 aliphatic carbocycles. The molecular weight excluding hydrogens is 350 g/mol. The van der Waals surface area contributed by atoms with Crippen molar-refractivity contribution in [3.8, 4) is 0 Å². The van der Waals surface area contributed by atoms with Gasteiger partial charge >= 0.3 is 0 Å². The van der Waals surface area contributed by atoms with Crippen molar-refractivity contribution in [2.45, 2.75) is 38.6 Å². The topological polar surface area (TPSA) is 70.9 Å². The molecule has 1 aliphatic rings. The highest BCUT2D eigenvalue weighted by Crippen LogP contribution is 2.25. The fourth-order valence-corrected chi connectivity index (χ4v) is 5.51. The molecule has 1 aromatic carbocycles. The fourth-order valence-electron chi connectivity index (χ4n) is 3.66. The van der Waals surface area contributed by atoms with Crippen molar-refractivity contribution in [3.63, 3.8) is 0 Å². The molecule has 1 heterocycles. The lowest BCUT2D eigenvalue weighted by atomic mass is 10.1. The fraction of sp³-hybridized carbons (Fsp3) is 0.526. The summed E-state index contributed by atoms with van der Waals surface area (Å²) in [6.45, 7) is 13.7. The minimum atomic E-state index is -3.52. The first-order valence-corrected chi connectivity index (χ1v) is 10.4. The van der Waals surface area contributed by atoms with Crippen LogP contribution in [0.1, 0.15) is 23.6 Å². The summed E-state index contributed by atoms with van der Waals surface area (Å²) in [5, 5.41) is 2.81. The Morgan fingerprint density at radius 1 is 1.27 bits per heavy atom. The van der Waals surface area contributed by atoms with Crippen LogP contribution >= 0.6 is 0 Å². The highest BCUT2D eigenvalue weighted by atomic mass is 32.2. The lowest BCUT2D eigenvalue weighted by molar-refractivity contribution is -0.917. The zero-order chi connectivity index (χ0) is 19.5. The molecule has 1 saturated heterocycles. The van der Waals surface area contributed by atoms with Crippen molar-refractivity contribution < 1.29 is 18.1 Å². The molecule has 0 spiro atoms. The molecular formula is C19H30N3O3S+. The molecule has 2 N–H and O–H groups in total. The maximum Gasteiger partial charge on any atom is 0.278 e. The number of hydrogen-bond acceptors (Lipinski definition) is 3. The number of carbonyl (C=O) groups is 1. The number of carbonyl (C=O) groups excluding carboxylic acids is 1. The van der Waals surface area contributed by atoms with Gasteiger partial charge in [0.2, 0.25) is 10.0 Å². The molecule has 7 heteroatoms. The van der Waals surface area contributed by atoms with Crippen molar-refractivity contribution in [1.82, 2.24) is 9.62 Å². The zero-order valence-electron chi connectivity index (χ0n) is 16.1. The first-order valence-electron chi connectivity index (χ1n) is 8.99. The number of sulfonamides is 1. The van der Waals surface area contributed by atoms with Gasteiger partial charge in [-0.25, -0.2) is 8.42 Å². The van der Waals surface area contributed by atoms with Crippen LogP contribution in [0.25, 0.3) is 0 Å². The van der Waals surface area contributed by atoms with E-state index >= 15 is 0 Å². The minimum absolute atomic E-state index is 0.0265. The third-order valence-electron chi connectivity index (χ3n) is 4.99. The molecule has 6 nitrogen and oxygen atoms in total. The van der Waals surface area contributed by atoms with Crippen LogP contribution in [0.15, 0.2) is 29.7 Å². The van der Waals surface area contributed by atoms with Crippen LogP contribution < -0.4 is 10.2 Å². The Bertz CT molecular complexity index is 758. The number of nitrogens with one attached hydrogen (secondary N) is 2. The number of nitrogens with zero attached hydrogens (tertiary/aromatic N) is 1. The van der Waals surface area contributed by atoms with Gasteiger partial charge in [-0.2, -0.15) is 4.31 Å². The molecule has 0 aromatic heterocycles. The predicted molar refractivity (Wildman–Crippen MR) is 103 cm³/mol. The lowest BCUT2D eigenvalue weighted by Gasteiger charge is -2.34. The number of hydrogen-bond donors (Lipinski definition) is 2. The van der Waals surface area contributed by atoms with Crippen LogP contribution in [0, 0.1) is 20.8 Å². The van der Waals surface area contributed by atoms with Gasteiger partial charge in [0.1, 0.15) is 0 Å². The van der Waals surface area contributed by atoms with Crippen LogP contribution in [0.4, 0.5) is 0 Å². The molecule has 144 valence electrons. The standard InChI is InChI=1S/C19H29N3O3S/c1-6-7-20-19(23)17(5)21-8-10-22(11-9-21)26(24,25)18-15(3)12-14(2)13-16(18)4/h6,12-13,17H,1,7-11H2,2-5H3,(H,20,23)/p+1/t17-/m0/s1. The van der Waals surface area contributed by atoms with Gasteiger partial charge in [-0.1, -0.05) is 23.8 Å². The van der Waals surface area contributed by atoms with Crippen molar-refractivity contribution in [3.05, 3.63) is 41.5 Å². The molecule has 1 atom stereocenters. The van der Waals surface area contributed by atoms with Gasteiger partial charge in [0.25, 0.3) is 5.91 Å². The molecule has 0 radical (unpaired) electrons. The molecule has 1 aliphatic heterocycles. The van der Waals surface area contributed by atoms with Crippen LogP contribution in [0.5, 0.6) is 0 Å². The van der Waals surface area contributed by atoms with Crippen LogP contribution in [0.3, 0.4) is 0 Å². The second kappa shape index (κ2) is 8.33. The number of quaternary nitrogens is 1. The summed E-state index contributed by atoms with van der Waals surface area (Å²) in [5.74, 6) is -0.0265. The van der Waals surface area contributed by atoms with Crippen molar-refractivity contribution in [1.29, 1.82) is 0 Å².